The molecular weight excluding hydrogens is 450 g/mol. The van der Waals surface area contributed by atoms with Gasteiger partial charge in [-0.1, -0.05) is 47.1 Å². The number of halogens is 2. The van der Waals surface area contributed by atoms with E-state index < -0.39 is 0 Å². The molecule has 0 saturated carbocycles. The van der Waals surface area contributed by atoms with Crippen molar-refractivity contribution in [2.24, 2.45) is 5.41 Å². The topological polar surface area (TPSA) is 3.24 Å². The summed E-state index contributed by atoms with van der Waals surface area (Å²) in [5.74, 6) is -0.408. The van der Waals surface area contributed by atoms with Gasteiger partial charge in [-0.15, -0.1) is 0 Å². The Kier molecular flexibility index (Phi) is 6.02. The summed E-state index contributed by atoms with van der Waals surface area (Å²) in [7, 11) is 2.29. The summed E-state index contributed by atoms with van der Waals surface area (Å²) < 4.78 is 29.4. The second-order valence-electron chi connectivity index (χ2n) is 11.3. The number of nitrogens with zero attached hydrogens (tertiary/aromatic N) is 2. The Morgan fingerprint density at radius 3 is 2.14 bits per heavy atom. The smallest absolute Gasteiger partial charge is 0.184 e. The summed E-state index contributed by atoms with van der Waals surface area (Å²) in [6.07, 6.45) is 5.20. The van der Waals surface area contributed by atoms with E-state index in [9.17, 15) is 8.78 Å². The van der Waals surface area contributed by atoms with Crippen molar-refractivity contribution in [2.75, 3.05) is 11.9 Å². The highest BCUT2D eigenvalue weighted by Gasteiger charge is 2.68. The van der Waals surface area contributed by atoms with Gasteiger partial charge in [0, 0.05) is 28.8 Å². The molecule has 36 heavy (non-hydrogen) atoms. The molecule has 0 fully saturated rings. The van der Waals surface area contributed by atoms with Crippen molar-refractivity contribution in [3.8, 4) is 0 Å². The lowest BCUT2D eigenvalue weighted by atomic mass is 9.54. The van der Waals surface area contributed by atoms with Crippen LogP contribution in [0.3, 0.4) is 0 Å². The van der Waals surface area contributed by atoms with E-state index in [0.717, 1.165) is 49.0 Å². The zero-order valence-electron chi connectivity index (χ0n) is 22.5. The van der Waals surface area contributed by atoms with Gasteiger partial charge in [0.15, 0.2) is 11.9 Å². The van der Waals surface area contributed by atoms with E-state index in [4.69, 9.17) is 0 Å². The molecule has 190 valence electrons. The summed E-state index contributed by atoms with van der Waals surface area (Å²) >= 11 is 0. The maximum absolute atomic E-state index is 14.8. The number of hydrogen-bond donors (Lipinski definition) is 0. The second kappa shape index (κ2) is 8.69. The lowest BCUT2D eigenvalue weighted by Crippen LogP contribution is -2.68. The first kappa shape index (κ1) is 25.0. The molecule has 0 N–H and O–H groups in total. The number of rotatable bonds is 6. The SMILES string of the molecule is CCCCc1ccc2c(c1)N(c1ccc(F)cc1)C1C(C)(CC)C(C)(CC)c3cc(F)ccc3[N+]21C. The van der Waals surface area contributed by atoms with E-state index in [1.54, 1.807) is 24.3 Å². The standard InChI is InChI=1S/C32H39F2N2/c1-7-10-11-22-12-18-29-27(20-22)35(25-16-13-23(33)14-17-25)30-32(5,9-3)31(4,8-2)26-21-24(34)15-19-28(26)36(29,30)6/h12-21,30H,7-11H2,1-6H3/q+1. The van der Waals surface area contributed by atoms with Gasteiger partial charge in [-0.3, -0.25) is 4.90 Å². The lowest BCUT2D eigenvalue weighted by Gasteiger charge is -2.59. The van der Waals surface area contributed by atoms with E-state index in [1.165, 1.54) is 16.9 Å². The molecule has 0 spiro atoms. The van der Waals surface area contributed by atoms with Crippen LogP contribution in [-0.2, 0) is 11.8 Å². The third kappa shape index (κ3) is 3.23. The molecule has 0 amide bonds. The molecule has 0 aliphatic carbocycles. The van der Waals surface area contributed by atoms with Crippen LogP contribution in [0.1, 0.15) is 71.4 Å². The maximum Gasteiger partial charge on any atom is 0.184 e. The molecule has 0 bridgehead atoms. The third-order valence-corrected chi connectivity index (χ3v) is 9.78. The van der Waals surface area contributed by atoms with Gasteiger partial charge in [-0.2, -0.15) is 0 Å². The van der Waals surface area contributed by atoms with Gasteiger partial charge in [0.25, 0.3) is 0 Å². The number of fused-ring (bicyclic) bond motifs is 5. The fraction of sp³-hybridized carbons (Fsp3) is 0.438. The number of anilines is 2. The van der Waals surface area contributed by atoms with Crippen molar-refractivity contribution in [2.45, 2.75) is 78.3 Å². The molecule has 3 aromatic carbocycles. The summed E-state index contributed by atoms with van der Waals surface area (Å²) in [6.45, 7) is 11.4. The summed E-state index contributed by atoms with van der Waals surface area (Å²) in [5.41, 5.74) is 6.54. The first-order valence-corrected chi connectivity index (χ1v) is 13.5. The van der Waals surface area contributed by atoms with Crippen LogP contribution in [0.4, 0.5) is 31.5 Å². The number of aryl methyl sites for hydroxylation is 1. The first-order chi connectivity index (χ1) is 17.2. The quantitative estimate of drug-likeness (QED) is 0.312. The Morgan fingerprint density at radius 2 is 1.50 bits per heavy atom. The van der Waals surface area contributed by atoms with Crippen molar-refractivity contribution in [1.82, 2.24) is 4.48 Å². The molecule has 2 heterocycles. The molecule has 4 unspecified atom stereocenters. The number of quaternary nitrogens is 1. The van der Waals surface area contributed by atoms with Crippen LogP contribution in [0.2, 0.25) is 0 Å². The van der Waals surface area contributed by atoms with Gasteiger partial charge in [-0.25, -0.2) is 13.3 Å². The zero-order valence-corrected chi connectivity index (χ0v) is 22.5. The average Bonchev–Trinajstić information content (AvgIpc) is 3.15. The monoisotopic (exact) mass is 489 g/mol. The Hall–Kier alpha value is -2.72. The van der Waals surface area contributed by atoms with E-state index >= 15 is 0 Å². The molecule has 2 aliphatic rings. The molecule has 4 atom stereocenters. The van der Waals surface area contributed by atoms with Crippen molar-refractivity contribution in [3.63, 3.8) is 0 Å². The highest BCUT2D eigenvalue weighted by molar-refractivity contribution is 5.88. The van der Waals surface area contributed by atoms with Crippen LogP contribution < -0.4 is 9.38 Å². The summed E-state index contributed by atoms with van der Waals surface area (Å²) in [5, 5.41) is 0. The van der Waals surface area contributed by atoms with Gasteiger partial charge in [0.05, 0.1) is 12.5 Å². The third-order valence-electron chi connectivity index (χ3n) is 9.78. The first-order valence-electron chi connectivity index (χ1n) is 13.5. The molecule has 2 aliphatic heterocycles. The highest BCUT2D eigenvalue weighted by atomic mass is 19.1. The van der Waals surface area contributed by atoms with Crippen molar-refractivity contribution >= 4 is 22.7 Å². The fourth-order valence-electron chi connectivity index (χ4n) is 7.30. The predicted molar refractivity (Wildman–Crippen MR) is 147 cm³/mol. The van der Waals surface area contributed by atoms with Crippen molar-refractivity contribution in [1.29, 1.82) is 0 Å². The molecule has 0 aromatic heterocycles. The molecule has 0 radical (unpaired) electrons. The van der Waals surface area contributed by atoms with Crippen LogP contribution >= 0.6 is 0 Å². The van der Waals surface area contributed by atoms with Crippen LogP contribution in [0.15, 0.2) is 60.7 Å². The minimum atomic E-state index is -0.243. The zero-order chi connectivity index (χ0) is 25.9. The summed E-state index contributed by atoms with van der Waals surface area (Å²) in [4.78, 5) is 2.47. The maximum atomic E-state index is 14.8. The predicted octanol–water partition coefficient (Wildman–Crippen LogP) is 9.15. The minimum absolute atomic E-state index is 0.0345. The Balaban J connectivity index is 1.87. The van der Waals surface area contributed by atoms with Crippen LogP contribution in [0.5, 0.6) is 0 Å². The van der Waals surface area contributed by atoms with E-state index in [0.29, 0.717) is 4.48 Å². The number of benzene rings is 3. The van der Waals surface area contributed by atoms with Gasteiger partial charge in [0.1, 0.15) is 23.0 Å². The van der Waals surface area contributed by atoms with E-state index in [-0.39, 0.29) is 28.6 Å². The van der Waals surface area contributed by atoms with Gasteiger partial charge in [0.2, 0.25) is 0 Å². The average molecular weight is 490 g/mol. The van der Waals surface area contributed by atoms with Gasteiger partial charge in [-0.05, 0) is 73.7 Å². The Bertz CT molecular complexity index is 1290. The van der Waals surface area contributed by atoms with Crippen LogP contribution in [0, 0.1) is 17.0 Å². The largest absolute Gasteiger partial charge is 0.285 e. The molecule has 4 heteroatoms. The summed E-state index contributed by atoms with van der Waals surface area (Å²) in [6, 6.07) is 19.2. The second-order valence-corrected chi connectivity index (χ2v) is 11.3. The normalized spacial score (nSPS) is 28.6. The van der Waals surface area contributed by atoms with E-state index in [2.05, 4.69) is 64.8 Å². The minimum Gasteiger partial charge on any atom is -0.285 e. The van der Waals surface area contributed by atoms with Gasteiger partial charge >= 0.3 is 0 Å². The Morgan fingerprint density at radius 1 is 0.833 bits per heavy atom. The van der Waals surface area contributed by atoms with Crippen LogP contribution in [0.25, 0.3) is 0 Å². The molecular formula is C32H39F2N2+. The number of hydrogen-bond acceptors (Lipinski definition) is 1. The molecule has 0 saturated heterocycles. The molecule has 3 aromatic rings. The van der Waals surface area contributed by atoms with Crippen LogP contribution in [-0.4, -0.2) is 13.2 Å². The lowest BCUT2D eigenvalue weighted by molar-refractivity contribution is 0.0352. The van der Waals surface area contributed by atoms with Gasteiger partial charge < -0.3 is 0 Å². The van der Waals surface area contributed by atoms with Crippen molar-refractivity contribution < 1.29 is 8.78 Å². The van der Waals surface area contributed by atoms with E-state index in [1.807, 2.05) is 18.2 Å². The fourth-order valence-corrected chi connectivity index (χ4v) is 7.30. The molecule has 5 rings (SSSR count). The highest BCUT2D eigenvalue weighted by Crippen LogP contribution is 2.67. The Labute approximate surface area is 215 Å². The number of unbranched alkanes of at least 4 members (excludes halogenated alkanes) is 1. The van der Waals surface area contributed by atoms with Crippen molar-refractivity contribution in [3.05, 3.63) is 83.4 Å². The molecule has 2 nitrogen and oxygen atoms in total.